The number of rotatable bonds is 4. The van der Waals surface area contributed by atoms with Gasteiger partial charge in [-0.05, 0) is 36.8 Å². The molecule has 2 aromatic rings. The van der Waals surface area contributed by atoms with E-state index in [0.717, 1.165) is 5.56 Å². The lowest BCUT2D eigenvalue weighted by Gasteiger charge is -2.12. The molecule has 0 atom stereocenters. The van der Waals surface area contributed by atoms with E-state index in [-0.39, 0.29) is 18.0 Å². The highest BCUT2D eigenvalue weighted by molar-refractivity contribution is 5.95. The number of hydrogen-bond acceptors (Lipinski definition) is 2. The van der Waals surface area contributed by atoms with Gasteiger partial charge in [0, 0.05) is 30.4 Å². The number of carbonyl (C=O) groups is 1. The van der Waals surface area contributed by atoms with E-state index in [0.29, 0.717) is 11.3 Å². The smallest absolute Gasteiger partial charge is 0.251 e. The van der Waals surface area contributed by atoms with Crippen LogP contribution in [-0.4, -0.2) is 13.0 Å². The van der Waals surface area contributed by atoms with E-state index in [4.69, 9.17) is 0 Å². The van der Waals surface area contributed by atoms with Crippen molar-refractivity contribution in [2.45, 2.75) is 13.5 Å². The van der Waals surface area contributed by atoms with Gasteiger partial charge in [0.15, 0.2) is 0 Å². The summed E-state index contributed by atoms with van der Waals surface area (Å²) in [4.78, 5) is 11.6. The fraction of sp³-hybridized carbons (Fsp3) is 0.188. The van der Waals surface area contributed by atoms with Crippen LogP contribution >= 0.6 is 0 Å². The van der Waals surface area contributed by atoms with Gasteiger partial charge in [0.25, 0.3) is 5.91 Å². The molecule has 0 saturated carbocycles. The number of nitrogens with one attached hydrogen (secondary N) is 2. The molecule has 2 rings (SSSR count). The molecule has 21 heavy (non-hydrogen) atoms. The number of anilines is 1. The minimum atomic E-state index is -0.595. The van der Waals surface area contributed by atoms with Crippen LogP contribution in [0.1, 0.15) is 21.5 Å². The Hall–Kier alpha value is -2.43. The molecule has 0 heterocycles. The van der Waals surface area contributed by atoms with Gasteiger partial charge >= 0.3 is 0 Å². The summed E-state index contributed by atoms with van der Waals surface area (Å²) in [6.45, 7) is 1.87. The Balaban J connectivity index is 2.22. The monoisotopic (exact) mass is 290 g/mol. The van der Waals surface area contributed by atoms with Crippen molar-refractivity contribution in [3.63, 3.8) is 0 Å². The molecule has 0 saturated heterocycles. The SMILES string of the molecule is CNC(=O)c1ccc(C)c(NCc2c(F)cccc2F)c1. The van der Waals surface area contributed by atoms with Crippen molar-refractivity contribution in [3.8, 4) is 0 Å². The van der Waals surface area contributed by atoms with Gasteiger partial charge in [-0.15, -0.1) is 0 Å². The fourth-order valence-electron chi connectivity index (χ4n) is 1.98. The van der Waals surface area contributed by atoms with Gasteiger partial charge in [-0.2, -0.15) is 0 Å². The van der Waals surface area contributed by atoms with Gasteiger partial charge in [0.1, 0.15) is 11.6 Å². The molecule has 110 valence electrons. The molecule has 2 N–H and O–H groups in total. The first-order chi connectivity index (χ1) is 10.0. The summed E-state index contributed by atoms with van der Waals surface area (Å²) in [5.74, 6) is -1.40. The van der Waals surface area contributed by atoms with Crippen LogP contribution in [-0.2, 0) is 6.54 Å². The Morgan fingerprint density at radius 1 is 1.14 bits per heavy atom. The van der Waals surface area contributed by atoms with Crippen LogP contribution in [0.5, 0.6) is 0 Å². The largest absolute Gasteiger partial charge is 0.381 e. The summed E-state index contributed by atoms with van der Waals surface area (Å²) in [5, 5.41) is 5.50. The molecule has 2 aromatic carbocycles. The number of hydrogen-bond donors (Lipinski definition) is 2. The molecule has 0 aliphatic heterocycles. The third-order valence-electron chi connectivity index (χ3n) is 3.24. The predicted octanol–water partition coefficient (Wildman–Crippen LogP) is 3.24. The summed E-state index contributed by atoms with van der Waals surface area (Å²) >= 11 is 0. The van der Waals surface area contributed by atoms with E-state index in [9.17, 15) is 13.6 Å². The zero-order chi connectivity index (χ0) is 15.4. The summed E-state index contributed by atoms with van der Waals surface area (Å²) in [7, 11) is 1.55. The van der Waals surface area contributed by atoms with Crippen LogP contribution in [0.3, 0.4) is 0 Å². The first kappa shape index (κ1) is 15.0. The minimum absolute atomic E-state index is 0.0105. The van der Waals surface area contributed by atoms with Crippen LogP contribution in [0.15, 0.2) is 36.4 Å². The maximum Gasteiger partial charge on any atom is 0.251 e. The van der Waals surface area contributed by atoms with E-state index in [1.165, 1.54) is 18.2 Å². The number of benzene rings is 2. The highest BCUT2D eigenvalue weighted by atomic mass is 19.1. The topological polar surface area (TPSA) is 41.1 Å². The normalized spacial score (nSPS) is 10.3. The Bertz CT molecular complexity index is 651. The second-order valence-electron chi connectivity index (χ2n) is 4.66. The first-order valence-electron chi connectivity index (χ1n) is 6.52. The van der Waals surface area contributed by atoms with Crippen molar-refractivity contribution < 1.29 is 13.6 Å². The molecule has 0 spiro atoms. The van der Waals surface area contributed by atoms with E-state index >= 15 is 0 Å². The van der Waals surface area contributed by atoms with Crippen molar-refractivity contribution in [3.05, 3.63) is 64.7 Å². The molecule has 0 aliphatic carbocycles. The standard InChI is InChI=1S/C16H16F2N2O/c1-10-6-7-11(16(21)19-2)8-15(10)20-9-12-13(17)4-3-5-14(12)18/h3-8,20H,9H2,1-2H3,(H,19,21). The molecular weight excluding hydrogens is 274 g/mol. The predicted molar refractivity (Wildman–Crippen MR) is 78.3 cm³/mol. The van der Waals surface area contributed by atoms with Crippen molar-refractivity contribution in [2.75, 3.05) is 12.4 Å². The molecule has 0 bridgehead atoms. The van der Waals surface area contributed by atoms with E-state index in [1.807, 2.05) is 6.92 Å². The van der Waals surface area contributed by atoms with E-state index in [1.54, 1.807) is 25.2 Å². The van der Waals surface area contributed by atoms with Crippen molar-refractivity contribution in [1.29, 1.82) is 0 Å². The lowest BCUT2D eigenvalue weighted by atomic mass is 10.1. The third kappa shape index (κ3) is 3.37. The lowest BCUT2D eigenvalue weighted by molar-refractivity contribution is 0.0963. The van der Waals surface area contributed by atoms with Crippen molar-refractivity contribution in [1.82, 2.24) is 5.32 Å². The number of amides is 1. The molecule has 5 heteroatoms. The average molecular weight is 290 g/mol. The Kier molecular flexibility index (Phi) is 4.52. The zero-order valence-corrected chi connectivity index (χ0v) is 11.8. The lowest BCUT2D eigenvalue weighted by Crippen LogP contribution is -2.18. The van der Waals surface area contributed by atoms with Crippen molar-refractivity contribution in [2.24, 2.45) is 0 Å². The Labute approximate surface area is 122 Å². The van der Waals surface area contributed by atoms with Crippen LogP contribution in [0.2, 0.25) is 0 Å². The molecular formula is C16H16F2N2O. The molecule has 0 unspecified atom stereocenters. The summed E-state index contributed by atoms with van der Waals surface area (Å²) in [6.07, 6.45) is 0. The van der Waals surface area contributed by atoms with Gasteiger partial charge in [-0.1, -0.05) is 12.1 Å². The zero-order valence-electron chi connectivity index (χ0n) is 11.8. The molecule has 0 aliphatic rings. The number of carbonyl (C=O) groups excluding carboxylic acids is 1. The van der Waals surface area contributed by atoms with Gasteiger partial charge in [0.05, 0.1) is 0 Å². The summed E-state index contributed by atoms with van der Waals surface area (Å²) in [5.41, 5.74) is 2.01. The molecule has 3 nitrogen and oxygen atoms in total. The highest BCUT2D eigenvalue weighted by Gasteiger charge is 2.10. The fourth-order valence-corrected chi connectivity index (χ4v) is 1.98. The second-order valence-corrected chi connectivity index (χ2v) is 4.66. The first-order valence-corrected chi connectivity index (χ1v) is 6.52. The maximum absolute atomic E-state index is 13.6. The number of aryl methyl sites for hydroxylation is 1. The van der Waals surface area contributed by atoms with Crippen LogP contribution in [0.4, 0.5) is 14.5 Å². The molecule has 0 fully saturated rings. The Morgan fingerprint density at radius 3 is 2.43 bits per heavy atom. The third-order valence-corrected chi connectivity index (χ3v) is 3.24. The minimum Gasteiger partial charge on any atom is -0.381 e. The molecule has 0 radical (unpaired) electrons. The summed E-state index contributed by atoms with van der Waals surface area (Å²) < 4.78 is 27.1. The van der Waals surface area contributed by atoms with Gasteiger partial charge in [-0.25, -0.2) is 8.78 Å². The van der Waals surface area contributed by atoms with Gasteiger partial charge in [-0.3, -0.25) is 4.79 Å². The Morgan fingerprint density at radius 2 is 1.81 bits per heavy atom. The van der Waals surface area contributed by atoms with Crippen LogP contribution in [0.25, 0.3) is 0 Å². The maximum atomic E-state index is 13.6. The highest BCUT2D eigenvalue weighted by Crippen LogP contribution is 2.19. The quantitative estimate of drug-likeness (QED) is 0.907. The van der Waals surface area contributed by atoms with E-state index < -0.39 is 11.6 Å². The van der Waals surface area contributed by atoms with Crippen LogP contribution < -0.4 is 10.6 Å². The second kappa shape index (κ2) is 6.35. The number of halogens is 2. The summed E-state index contributed by atoms with van der Waals surface area (Å²) in [6, 6.07) is 8.90. The van der Waals surface area contributed by atoms with Gasteiger partial charge in [0.2, 0.25) is 0 Å². The van der Waals surface area contributed by atoms with E-state index in [2.05, 4.69) is 10.6 Å². The van der Waals surface area contributed by atoms with Gasteiger partial charge < -0.3 is 10.6 Å². The van der Waals surface area contributed by atoms with Crippen LogP contribution in [0, 0.1) is 18.6 Å². The average Bonchev–Trinajstić information content (AvgIpc) is 2.47. The molecule has 1 amide bonds. The molecule has 0 aromatic heterocycles. The van der Waals surface area contributed by atoms with Crippen molar-refractivity contribution >= 4 is 11.6 Å².